The average molecular weight is 448 g/mol. The third kappa shape index (κ3) is 4.74. The van der Waals surface area contributed by atoms with Gasteiger partial charge in [-0.25, -0.2) is 8.42 Å². The molecule has 0 aromatic heterocycles. The molecule has 2 N–H and O–H groups in total. The van der Waals surface area contributed by atoms with Gasteiger partial charge >= 0.3 is 5.97 Å². The van der Waals surface area contributed by atoms with Crippen molar-refractivity contribution in [1.82, 2.24) is 0 Å². The Bertz CT molecular complexity index is 1140. The SMILES string of the molecule is COc1ccc(C(C)(C)C)cc1NS(=O)(=O)c1ccc2c(c1)N(CC(=O)O)C(=O)CO2. The van der Waals surface area contributed by atoms with Crippen molar-refractivity contribution < 1.29 is 32.6 Å². The molecule has 0 unspecified atom stereocenters. The minimum absolute atomic E-state index is 0.0805. The lowest BCUT2D eigenvalue weighted by Crippen LogP contribution is -2.42. The van der Waals surface area contributed by atoms with E-state index in [1.807, 2.05) is 26.8 Å². The number of carboxylic acid groups (broad SMARTS) is 1. The number of fused-ring (bicyclic) bond motifs is 1. The monoisotopic (exact) mass is 448 g/mol. The molecule has 31 heavy (non-hydrogen) atoms. The van der Waals surface area contributed by atoms with Gasteiger partial charge in [-0.15, -0.1) is 0 Å². The van der Waals surface area contributed by atoms with Gasteiger partial charge in [-0.1, -0.05) is 26.8 Å². The number of rotatable bonds is 6. The fourth-order valence-electron chi connectivity index (χ4n) is 3.12. The highest BCUT2D eigenvalue weighted by Gasteiger charge is 2.29. The Morgan fingerprint density at radius 1 is 1.23 bits per heavy atom. The Balaban J connectivity index is 2.01. The lowest BCUT2D eigenvalue weighted by atomic mass is 9.87. The molecule has 0 fully saturated rings. The second-order valence-electron chi connectivity index (χ2n) is 8.06. The van der Waals surface area contributed by atoms with E-state index < -0.39 is 28.4 Å². The lowest BCUT2D eigenvalue weighted by molar-refractivity contribution is -0.137. The van der Waals surface area contributed by atoms with E-state index in [0.29, 0.717) is 5.75 Å². The van der Waals surface area contributed by atoms with E-state index >= 15 is 0 Å². The van der Waals surface area contributed by atoms with Crippen LogP contribution in [0.15, 0.2) is 41.3 Å². The van der Waals surface area contributed by atoms with Gasteiger partial charge in [-0.3, -0.25) is 19.2 Å². The molecule has 10 heteroatoms. The molecule has 0 spiro atoms. The summed E-state index contributed by atoms with van der Waals surface area (Å²) in [4.78, 5) is 24.1. The number of carboxylic acids is 1. The number of aliphatic carboxylic acids is 1. The predicted molar refractivity (Wildman–Crippen MR) is 114 cm³/mol. The average Bonchev–Trinajstić information content (AvgIpc) is 2.68. The summed E-state index contributed by atoms with van der Waals surface area (Å²) in [5.41, 5.74) is 1.04. The van der Waals surface area contributed by atoms with Crippen LogP contribution in [0.25, 0.3) is 0 Å². The molecule has 2 aromatic rings. The second-order valence-corrected chi connectivity index (χ2v) is 9.74. The number of anilines is 2. The number of hydrogen-bond acceptors (Lipinski definition) is 6. The number of amides is 1. The van der Waals surface area contributed by atoms with E-state index in [1.54, 1.807) is 12.1 Å². The zero-order valence-electron chi connectivity index (χ0n) is 17.6. The van der Waals surface area contributed by atoms with Crippen molar-refractivity contribution >= 4 is 33.3 Å². The van der Waals surface area contributed by atoms with Crippen LogP contribution in [0.5, 0.6) is 11.5 Å². The first-order chi connectivity index (χ1) is 14.4. The minimum Gasteiger partial charge on any atom is -0.495 e. The summed E-state index contributed by atoms with van der Waals surface area (Å²) >= 11 is 0. The summed E-state index contributed by atoms with van der Waals surface area (Å²) in [5, 5.41) is 9.10. The van der Waals surface area contributed by atoms with Crippen LogP contribution in [0.3, 0.4) is 0 Å². The number of ether oxygens (including phenoxy) is 2. The summed E-state index contributed by atoms with van der Waals surface area (Å²) in [6, 6.07) is 9.20. The number of nitrogens with zero attached hydrogens (tertiary/aromatic N) is 1. The third-order valence-electron chi connectivity index (χ3n) is 4.79. The van der Waals surface area contributed by atoms with Crippen molar-refractivity contribution in [3.8, 4) is 11.5 Å². The van der Waals surface area contributed by atoms with Gasteiger partial charge in [0.25, 0.3) is 15.9 Å². The van der Waals surface area contributed by atoms with Crippen LogP contribution in [-0.4, -0.2) is 45.7 Å². The van der Waals surface area contributed by atoms with E-state index in [0.717, 1.165) is 10.5 Å². The quantitative estimate of drug-likeness (QED) is 0.696. The fourth-order valence-corrected chi connectivity index (χ4v) is 4.20. The molecule has 0 bridgehead atoms. The highest BCUT2D eigenvalue weighted by molar-refractivity contribution is 7.92. The molecular weight excluding hydrogens is 424 g/mol. The highest BCUT2D eigenvalue weighted by Crippen LogP contribution is 2.36. The van der Waals surface area contributed by atoms with Gasteiger partial charge in [-0.2, -0.15) is 0 Å². The first-order valence-electron chi connectivity index (χ1n) is 9.43. The number of benzene rings is 2. The first-order valence-corrected chi connectivity index (χ1v) is 10.9. The van der Waals surface area contributed by atoms with Crippen molar-refractivity contribution in [2.45, 2.75) is 31.1 Å². The summed E-state index contributed by atoms with van der Waals surface area (Å²) in [7, 11) is -2.64. The molecule has 2 aromatic carbocycles. The predicted octanol–water partition coefficient (Wildman–Crippen LogP) is 2.60. The van der Waals surface area contributed by atoms with Crippen LogP contribution in [0.2, 0.25) is 0 Å². The second kappa shape index (κ2) is 8.10. The van der Waals surface area contributed by atoms with E-state index in [4.69, 9.17) is 14.6 Å². The van der Waals surface area contributed by atoms with Crippen molar-refractivity contribution in [3.63, 3.8) is 0 Å². The maximum absolute atomic E-state index is 13.1. The first kappa shape index (κ1) is 22.4. The fraction of sp³-hybridized carbons (Fsp3) is 0.333. The molecule has 0 atom stereocenters. The topological polar surface area (TPSA) is 122 Å². The smallest absolute Gasteiger partial charge is 0.323 e. The normalized spacial score (nSPS) is 13.9. The van der Waals surface area contributed by atoms with E-state index in [1.165, 1.54) is 25.3 Å². The van der Waals surface area contributed by atoms with Crippen LogP contribution in [0, 0.1) is 0 Å². The number of carbonyl (C=O) groups is 2. The van der Waals surface area contributed by atoms with Gasteiger partial charge in [0.05, 0.1) is 23.4 Å². The Hall–Kier alpha value is -3.27. The van der Waals surface area contributed by atoms with Gasteiger partial charge in [0, 0.05) is 0 Å². The van der Waals surface area contributed by atoms with Crippen LogP contribution in [0.1, 0.15) is 26.3 Å². The number of hydrogen-bond donors (Lipinski definition) is 2. The molecule has 1 heterocycles. The summed E-state index contributed by atoms with van der Waals surface area (Å²) in [6.07, 6.45) is 0. The molecule has 0 radical (unpaired) electrons. The van der Waals surface area contributed by atoms with Crippen molar-refractivity contribution in [3.05, 3.63) is 42.0 Å². The molecule has 1 amide bonds. The maximum atomic E-state index is 13.1. The van der Waals surface area contributed by atoms with E-state index in [-0.39, 0.29) is 34.0 Å². The number of nitrogens with one attached hydrogen (secondary N) is 1. The van der Waals surface area contributed by atoms with Gasteiger partial charge in [-0.05, 0) is 41.3 Å². The largest absolute Gasteiger partial charge is 0.495 e. The van der Waals surface area contributed by atoms with Gasteiger partial charge < -0.3 is 14.6 Å². The number of methoxy groups -OCH3 is 1. The summed E-state index contributed by atoms with van der Waals surface area (Å²) in [6.45, 7) is 5.09. The maximum Gasteiger partial charge on any atom is 0.323 e. The summed E-state index contributed by atoms with van der Waals surface area (Å²) < 4.78 is 39.3. The summed E-state index contributed by atoms with van der Waals surface area (Å²) in [5.74, 6) is -1.22. The molecular formula is C21H24N2O7S. The molecule has 3 rings (SSSR count). The molecule has 0 saturated heterocycles. The van der Waals surface area contributed by atoms with E-state index in [2.05, 4.69) is 4.72 Å². The minimum atomic E-state index is -4.08. The van der Waals surface area contributed by atoms with Crippen LogP contribution in [0.4, 0.5) is 11.4 Å². The van der Waals surface area contributed by atoms with Crippen LogP contribution in [-0.2, 0) is 25.0 Å². The Morgan fingerprint density at radius 3 is 2.55 bits per heavy atom. The molecule has 9 nitrogen and oxygen atoms in total. The lowest BCUT2D eigenvalue weighted by Gasteiger charge is -2.28. The van der Waals surface area contributed by atoms with Crippen molar-refractivity contribution in [2.24, 2.45) is 0 Å². The van der Waals surface area contributed by atoms with E-state index in [9.17, 15) is 18.0 Å². The zero-order chi connectivity index (χ0) is 23.0. The van der Waals surface area contributed by atoms with Gasteiger partial charge in [0.15, 0.2) is 6.61 Å². The third-order valence-corrected chi connectivity index (χ3v) is 6.15. The molecule has 166 valence electrons. The van der Waals surface area contributed by atoms with Gasteiger partial charge in [0.2, 0.25) is 0 Å². The van der Waals surface area contributed by atoms with Crippen molar-refractivity contribution in [2.75, 3.05) is 29.9 Å². The Morgan fingerprint density at radius 2 is 1.94 bits per heavy atom. The Labute approximate surface area is 180 Å². The zero-order valence-corrected chi connectivity index (χ0v) is 18.4. The van der Waals surface area contributed by atoms with Crippen LogP contribution >= 0.6 is 0 Å². The Kier molecular flexibility index (Phi) is 5.86. The molecule has 1 aliphatic heterocycles. The number of sulfonamides is 1. The molecule has 0 saturated carbocycles. The highest BCUT2D eigenvalue weighted by atomic mass is 32.2. The standard InChI is InChI=1S/C21H24N2O7S/c1-21(2,3)13-5-7-17(29-4)15(9-13)22-31(27,28)14-6-8-18-16(10-14)23(11-20(25)26)19(24)12-30-18/h5-10,22H,11-12H2,1-4H3,(H,25,26). The molecule has 1 aliphatic rings. The molecule has 0 aliphatic carbocycles. The van der Waals surface area contributed by atoms with Crippen LogP contribution < -0.4 is 19.1 Å². The number of carbonyl (C=O) groups excluding carboxylic acids is 1. The van der Waals surface area contributed by atoms with Gasteiger partial charge in [0.1, 0.15) is 18.0 Å². The van der Waals surface area contributed by atoms with Crippen molar-refractivity contribution in [1.29, 1.82) is 0 Å².